The van der Waals surface area contributed by atoms with Gasteiger partial charge in [0.2, 0.25) is 0 Å². The minimum Gasteiger partial charge on any atom is -0.489 e. The van der Waals surface area contributed by atoms with Crippen molar-refractivity contribution in [2.24, 2.45) is 4.99 Å². The molecule has 0 amide bonds. The number of halogens is 2. The van der Waals surface area contributed by atoms with E-state index in [-0.39, 0.29) is 30.1 Å². The molecule has 1 fully saturated rings. The molecule has 0 bridgehead atoms. The zero-order chi connectivity index (χ0) is 18.6. The molecule has 2 atom stereocenters. The molecule has 0 spiro atoms. The molecule has 0 aromatic heterocycles. The van der Waals surface area contributed by atoms with Gasteiger partial charge in [0.15, 0.2) is 5.96 Å². The second kappa shape index (κ2) is 14.3. The lowest BCUT2D eigenvalue weighted by molar-refractivity contribution is 0.0168. The Hall–Kier alpha value is -0.770. The molecule has 27 heavy (non-hydrogen) atoms. The van der Waals surface area contributed by atoms with E-state index in [0.717, 1.165) is 50.7 Å². The van der Waals surface area contributed by atoms with Gasteiger partial charge in [-0.2, -0.15) is 0 Å². The average Bonchev–Trinajstić information content (AvgIpc) is 3.14. The first kappa shape index (κ1) is 24.3. The van der Waals surface area contributed by atoms with Gasteiger partial charge in [-0.1, -0.05) is 17.7 Å². The van der Waals surface area contributed by atoms with Crippen molar-refractivity contribution in [1.29, 1.82) is 0 Å². The van der Waals surface area contributed by atoms with Gasteiger partial charge in [0, 0.05) is 31.8 Å². The van der Waals surface area contributed by atoms with Gasteiger partial charge in [-0.05, 0) is 44.4 Å². The second-order valence-electron chi connectivity index (χ2n) is 6.33. The molecule has 6 nitrogen and oxygen atoms in total. The monoisotopic (exact) mass is 511 g/mol. The topological polar surface area (TPSA) is 64.1 Å². The fourth-order valence-corrected chi connectivity index (χ4v) is 2.83. The van der Waals surface area contributed by atoms with E-state index in [1.54, 1.807) is 7.05 Å². The molecule has 2 unspecified atom stereocenters. The van der Waals surface area contributed by atoms with Gasteiger partial charge in [0.05, 0.1) is 19.3 Å². The van der Waals surface area contributed by atoms with Crippen LogP contribution in [-0.2, 0) is 9.47 Å². The van der Waals surface area contributed by atoms with E-state index in [1.165, 1.54) is 0 Å². The van der Waals surface area contributed by atoms with Gasteiger partial charge in [0.25, 0.3) is 0 Å². The number of guanidine groups is 1. The summed E-state index contributed by atoms with van der Waals surface area (Å²) in [6.07, 6.45) is 3.46. The zero-order valence-electron chi connectivity index (χ0n) is 16.1. The minimum atomic E-state index is -0.0123. The largest absolute Gasteiger partial charge is 0.489 e. The quantitative estimate of drug-likeness (QED) is 0.218. The summed E-state index contributed by atoms with van der Waals surface area (Å²) < 4.78 is 17.0. The molecule has 8 heteroatoms. The zero-order valence-corrected chi connectivity index (χ0v) is 19.2. The first-order valence-electron chi connectivity index (χ1n) is 9.23. The van der Waals surface area contributed by atoms with Gasteiger partial charge in [-0.25, -0.2) is 0 Å². The van der Waals surface area contributed by atoms with E-state index in [2.05, 4.69) is 15.6 Å². The fraction of sp³-hybridized carbons (Fsp3) is 0.632. The number of hydrogen-bond donors (Lipinski definition) is 2. The SMILES string of the molecule is CN=C(NCCCOCC1CCCO1)NCC(C)Oc1cccc(Cl)c1.I. The van der Waals surface area contributed by atoms with Crippen molar-refractivity contribution in [3.63, 3.8) is 0 Å². The van der Waals surface area contributed by atoms with Crippen LogP contribution in [0.5, 0.6) is 5.75 Å². The molecule has 1 aliphatic rings. The van der Waals surface area contributed by atoms with Crippen LogP contribution in [0.3, 0.4) is 0 Å². The summed E-state index contributed by atoms with van der Waals surface area (Å²) >= 11 is 5.97. The minimum absolute atomic E-state index is 0. The lowest BCUT2D eigenvalue weighted by Crippen LogP contribution is -2.42. The molecule has 154 valence electrons. The third kappa shape index (κ3) is 10.4. The molecule has 1 aliphatic heterocycles. The molecule has 0 saturated carbocycles. The van der Waals surface area contributed by atoms with Crippen LogP contribution in [0.1, 0.15) is 26.2 Å². The van der Waals surface area contributed by atoms with Crippen molar-refractivity contribution in [2.75, 3.05) is 40.0 Å². The number of aliphatic imine (C=N–C) groups is 1. The van der Waals surface area contributed by atoms with Gasteiger partial charge in [0.1, 0.15) is 11.9 Å². The van der Waals surface area contributed by atoms with Crippen LogP contribution < -0.4 is 15.4 Å². The molecular weight excluding hydrogens is 481 g/mol. The summed E-state index contributed by atoms with van der Waals surface area (Å²) in [5, 5.41) is 7.21. The molecular formula is C19H31ClIN3O3. The summed E-state index contributed by atoms with van der Waals surface area (Å²) in [7, 11) is 1.76. The normalized spacial score (nSPS) is 17.9. The van der Waals surface area contributed by atoms with Crippen LogP contribution >= 0.6 is 35.6 Å². The van der Waals surface area contributed by atoms with Crippen LogP contribution in [0.25, 0.3) is 0 Å². The van der Waals surface area contributed by atoms with Crippen LogP contribution in [0.4, 0.5) is 0 Å². The lowest BCUT2D eigenvalue weighted by Gasteiger charge is -2.18. The standard InChI is InChI=1S/C19H30ClN3O3.HI/c1-15(26-17-7-3-6-16(20)12-17)13-23-19(21-2)22-9-5-10-24-14-18-8-4-11-25-18;/h3,6-7,12,15,18H,4-5,8-11,13-14H2,1-2H3,(H2,21,22,23);1H. The highest BCUT2D eigenvalue weighted by molar-refractivity contribution is 14.0. The molecule has 0 radical (unpaired) electrons. The molecule has 0 aliphatic carbocycles. The molecule has 1 aromatic rings. The molecule has 1 heterocycles. The number of hydrogen-bond acceptors (Lipinski definition) is 4. The predicted molar refractivity (Wildman–Crippen MR) is 121 cm³/mol. The lowest BCUT2D eigenvalue weighted by atomic mass is 10.2. The summed E-state index contributed by atoms with van der Waals surface area (Å²) in [5.74, 6) is 1.52. The molecule has 1 aromatic carbocycles. The van der Waals surface area contributed by atoms with E-state index in [1.807, 2.05) is 31.2 Å². The van der Waals surface area contributed by atoms with E-state index in [4.69, 9.17) is 25.8 Å². The highest BCUT2D eigenvalue weighted by Crippen LogP contribution is 2.18. The Morgan fingerprint density at radius 3 is 2.96 bits per heavy atom. The summed E-state index contributed by atoms with van der Waals surface area (Å²) in [5.41, 5.74) is 0. The number of rotatable bonds is 10. The number of ether oxygens (including phenoxy) is 3. The molecule has 1 saturated heterocycles. The Kier molecular flexibility index (Phi) is 12.8. The van der Waals surface area contributed by atoms with Crippen LogP contribution in [0.2, 0.25) is 5.02 Å². The third-order valence-electron chi connectivity index (χ3n) is 4.00. The Labute approximate surface area is 184 Å². The second-order valence-corrected chi connectivity index (χ2v) is 6.77. The van der Waals surface area contributed by atoms with Crippen LogP contribution in [-0.4, -0.2) is 58.1 Å². The highest BCUT2D eigenvalue weighted by atomic mass is 127. The van der Waals surface area contributed by atoms with Crippen molar-refractivity contribution in [3.05, 3.63) is 29.3 Å². The van der Waals surface area contributed by atoms with E-state index in [9.17, 15) is 0 Å². The average molecular weight is 512 g/mol. The first-order valence-corrected chi connectivity index (χ1v) is 9.61. The van der Waals surface area contributed by atoms with Gasteiger partial charge in [-0.3, -0.25) is 4.99 Å². The molecule has 2 N–H and O–H groups in total. The number of benzene rings is 1. The third-order valence-corrected chi connectivity index (χ3v) is 4.23. The summed E-state index contributed by atoms with van der Waals surface area (Å²) in [6, 6.07) is 7.40. The van der Waals surface area contributed by atoms with Crippen molar-refractivity contribution in [2.45, 2.75) is 38.4 Å². The Bertz CT molecular complexity index is 557. The highest BCUT2D eigenvalue weighted by Gasteiger charge is 2.14. The predicted octanol–water partition coefficient (Wildman–Crippen LogP) is 3.48. The van der Waals surface area contributed by atoms with E-state index >= 15 is 0 Å². The van der Waals surface area contributed by atoms with Crippen molar-refractivity contribution in [3.8, 4) is 5.75 Å². The summed E-state index contributed by atoms with van der Waals surface area (Å²) in [4.78, 5) is 4.22. The maximum absolute atomic E-state index is 5.97. The number of nitrogens with one attached hydrogen (secondary N) is 2. The van der Waals surface area contributed by atoms with Crippen molar-refractivity contribution < 1.29 is 14.2 Å². The maximum Gasteiger partial charge on any atom is 0.191 e. The van der Waals surface area contributed by atoms with Gasteiger partial charge < -0.3 is 24.8 Å². The maximum atomic E-state index is 5.97. The Balaban J connectivity index is 0.00000364. The Morgan fingerprint density at radius 1 is 1.41 bits per heavy atom. The van der Waals surface area contributed by atoms with Crippen molar-refractivity contribution >= 4 is 41.5 Å². The smallest absolute Gasteiger partial charge is 0.191 e. The van der Waals surface area contributed by atoms with Gasteiger partial charge >= 0.3 is 0 Å². The van der Waals surface area contributed by atoms with Crippen LogP contribution in [0.15, 0.2) is 29.3 Å². The van der Waals surface area contributed by atoms with Crippen molar-refractivity contribution in [1.82, 2.24) is 10.6 Å². The van der Waals surface area contributed by atoms with E-state index < -0.39 is 0 Å². The van der Waals surface area contributed by atoms with E-state index in [0.29, 0.717) is 24.3 Å². The van der Waals surface area contributed by atoms with Gasteiger partial charge in [-0.15, -0.1) is 24.0 Å². The first-order chi connectivity index (χ1) is 12.7. The fourth-order valence-electron chi connectivity index (χ4n) is 2.65. The number of nitrogens with zero attached hydrogens (tertiary/aromatic N) is 1. The molecule has 2 rings (SSSR count). The Morgan fingerprint density at radius 2 is 2.26 bits per heavy atom. The van der Waals surface area contributed by atoms with Crippen LogP contribution in [0, 0.1) is 0 Å². The summed E-state index contributed by atoms with van der Waals surface area (Å²) in [6.45, 7) is 5.73.